The number of pyridine rings is 2. The third-order valence-electron chi connectivity index (χ3n) is 3.94. The van der Waals surface area contributed by atoms with Crippen LogP contribution in [0, 0.1) is 0 Å². The zero-order chi connectivity index (χ0) is 17.5. The van der Waals surface area contributed by atoms with E-state index in [2.05, 4.69) is 15.3 Å². The summed E-state index contributed by atoms with van der Waals surface area (Å²) in [6.45, 7) is 0.448. The van der Waals surface area contributed by atoms with Gasteiger partial charge in [-0.2, -0.15) is 0 Å². The molecule has 2 aromatic heterocycles. The maximum atomic E-state index is 12.8. The van der Waals surface area contributed by atoms with Crippen LogP contribution >= 0.6 is 11.6 Å². The zero-order valence-electron chi connectivity index (χ0n) is 13.6. The van der Waals surface area contributed by atoms with Crippen molar-refractivity contribution < 1.29 is 4.79 Å². The van der Waals surface area contributed by atoms with Crippen LogP contribution in [0.15, 0.2) is 73.3 Å². The average molecular weight is 352 g/mol. The smallest absolute Gasteiger partial charge is 0.228 e. The van der Waals surface area contributed by atoms with Gasteiger partial charge in [-0.1, -0.05) is 35.9 Å². The Morgan fingerprint density at radius 1 is 0.960 bits per heavy atom. The highest BCUT2D eigenvalue weighted by molar-refractivity contribution is 6.30. The summed E-state index contributed by atoms with van der Waals surface area (Å²) in [4.78, 5) is 21.0. The third-order valence-corrected chi connectivity index (χ3v) is 4.19. The predicted octanol–water partition coefficient (Wildman–Crippen LogP) is 3.77. The third kappa shape index (κ3) is 4.88. The summed E-state index contributed by atoms with van der Waals surface area (Å²) in [5, 5.41) is 3.65. The molecule has 1 amide bonds. The molecule has 5 heteroatoms. The Morgan fingerprint density at radius 3 is 2.20 bits per heavy atom. The molecular formula is C20H18ClN3O. The van der Waals surface area contributed by atoms with E-state index >= 15 is 0 Å². The Kier molecular flexibility index (Phi) is 5.75. The maximum absolute atomic E-state index is 12.8. The fraction of sp³-hybridized carbons (Fsp3) is 0.150. The van der Waals surface area contributed by atoms with Crippen molar-refractivity contribution in [3.05, 3.63) is 95.0 Å². The monoisotopic (exact) mass is 351 g/mol. The van der Waals surface area contributed by atoms with E-state index in [9.17, 15) is 4.79 Å². The summed E-state index contributed by atoms with van der Waals surface area (Å²) < 4.78 is 0. The van der Waals surface area contributed by atoms with Gasteiger partial charge in [-0.05, 0) is 47.4 Å². The van der Waals surface area contributed by atoms with Crippen LogP contribution in [0.4, 0.5) is 0 Å². The molecule has 0 saturated heterocycles. The van der Waals surface area contributed by atoms with Gasteiger partial charge in [-0.3, -0.25) is 14.8 Å². The van der Waals surface area contributed by atoms with Gasteiger partial charge in [0, 0.05) is 36.4 Å². The molecule has 25 heavy (non-hydrogen) atoms. The van der Waals surface area contributed by atoms with Gasteiger partial charge in [0.25, 0.3) is 0 Å². The van der Waals surface area contributed by atoms with E-state index in [4.69, 9.17) is 11.6 Å². The van der Waals surface area contributed by atoms with Crippen LogP contribution in [-0.4, -0.2) is 15.9 Å². The van der Waals surface area contributed by atoms with Gasteiger partial charge in [0.15, 0.2) is 0 Å². The quantitative estimate of drug-likeness (QED) is 0.735. The predicted molar refractivity (Wildman–Crippen MR) is 98.2 cm³/mol. The molecule has 1 atom stereocenters. The lowest BCUT2D eigenvalue weighted by molar-refractivity contribution is -0.122. The number of nitrogens with one attached hydrogen (secondary N) is 1. The van der Waals surface area contributed by atoms with Crippen molar-refractivity contribution in [1.29, 1.82) is 0 Å². The van der Waals surface area contributed by atoms with E-state index in [0.29, 0.717) is 18.0 Å². The summed E-state index contributed by atoms with van der Waals surface area (Å²) in [6, 6.07) is 15.1. The van der Waals surface area contributed by atoms with Gasteiger partial charge in [0.2, 0.25) is 5.91 Å². The summed E-state index contributed by atoms with van der Waals surface area (Å²) in [5.74, 6) is -0.340. The molecule has 2 heterocycles. The molecule has 0 bridgehead atoms. The van der Waals surface area contributed by atoms with E-state index in [0.717, 1.165) is 16.7 Å². The molecule has 3 aromatic rings. The number of benzene rings is 1. The lowest BCUT2D eigenvalue weighted by Crippen LogP contribution is -2.30. The Morgan fingerprint density at radius 2 is 1.60 bits per heavy atom. The van der Waals surface area contributed by atoms with Crippen LogP contribution in [0.2, 0.25) is 5.02 Å². The SMILES string of the molecule is O=C(NCc1cccnc1)C(Cc1cccnc1)c1ccc(Cl)cc1. The van der Waals surface area contributed by atoms with Crippen molar-refractivity contribution in [2.24, 2.45) is 0 Å². The highest BCUT2D eigenvalue weighted by atomic mass is 35.5. The summed E-state index contributed by atoms with van der Waals surface area (Å²) in [6.07, 6.45) is 7.55. The van der Waals surface area contributed by atoms with E-state index in [1.165, 1.54) is 0 Å². The normalized spacial score (nSPS) is 11.7. The summed E-state index contributed by atoms with van der Waals surface area (Å²) in [7, 11) is 0. The number of aromatic nitrogens is 2. The molecule has 4 nitrogen and oxygen atoms in total. The molecule has 126 valence electrons. The number of hydrogen-bond acceptors (Lipinski definition) is 3. The lowest BCUT2D eigenvalue weighted by atomic mass is 9.91. The van der Waals surface area contributed by atoms with Crippen molar-refractivity contribution in [3.63, 3.8) is 0 Å². The molecule has 1 aromatic carbocycles. The topological polar surface area (TPSA) is 54.9 Å². The number of nitrogens with zero attached hydrogens (tertiary/aromatic N) is 2. The second-order valence-corrected chi connectivity index (χ2v) is 6.19. The van der Waals surface area contributed by atoms with E-state index in [-0.39, 0.29) is 11.8 Å². The van der Waals surface area contributed by atoms with Crippen molar-refractivity contribution >= 4 is 17.5 Å². The maximum Gasteiger partial charge on any atom is 0.228 e. The minimum absolute atomic E-state index is 0.0324. The molecule has 0 radical (unpaired) electrons. The van der Waals surface area contributed by atoms with Crippen molar-refractivity contribution in [2.75, 3.05) is 0 Å². The first-order valence-corrected chi connectivity index (χ1v) is 8.41. The van der Waals surface area contributed by atoms with Crippen LogP contribution in [0.1, 0.15) is 22.6 Å². The van der Waals surface area contributed by atoms with Gasteiger partial charge in [-0.15, -0.1) is 0 Å². The number of carbonyl (C=O) groups excluding carboxylic acids is 1. The van der Waals surface area contributed by atoms with E-state index < -0.39 is 0 Å². The van der Waals surface area contributed by atoms with Gasteiger partial charge in [0.1, 0.15) is 0 Å². The van der Waals surface area contributed by atoms with Crippen molar-refractivity contribution in [1.82, 2.24) is 15.3 Å². The van der Waals surface area contributed by atoms with Gasteiger partial charge in [0.05, 0.1) is 5.92 Å². The Hall–Kier alpha value is -2.72. The average Bonchev–Trinajstić information content (AvgIpc) is 2.67. The number of halogens is 1. The van der Waals surface area contributed by atoms with Crippen LogP contribution in [0.3, 0.4) is 0 Å². The summed E-state index contributed by atoms with van der Waals surface area (Å²) >= 11 is 5.98. The van der Waals surface area contributed by atoms with E-state index in [1.807, 2.05) is 48.5 Å². The van der Waals surface area contributed by atoms with Crippen molar-refractivity contribution in [3.8, 4) is 0 Å². The molecule has 0 aliphatic heterocycles. The molecule has 1 unspecified atom stereocenters. The highest BCUT2D eigenvalue weighted by Gasteiger charge is 2.21. The number of amides is 1. The first-order valence-electron chi connectivity index (χ1n) is 8.03. The Balaban J connectivity index is 1.77. The molecule has 0 fully saturated rings. The van der Waals surface area contributed by atoms with Crippen LogP contribution in [-0.2, 0) is 17.8 Å². The minimum Gasteiger partial charge on any atom is -0.351 e. The molecule has 0 aliphatic rings. The molecule has 1 N–H and O–H groups in total. The van der Waals surface area contributed by atoms with Crippen LogP contribution in [0.5, 0.6) is 0 Å². The fourth-order valence-electron chi connectivity index (χ4n) is 2.63. The Bertz CT molecular complexity index is 807. The summed E-state index contributed by atoms with van der Waals surface area (Å²) in [5.41, 5.74) is 2.91. The van der Waals surface area contributed by atoms with Crippen LogP contribution < -0.4 is 5.32 Å². The van der Waals surface area contributed by atoms with Gasteiger partial charge < -0.3 is 5.32 Å². The van der Waals surface area contributed by atoms with Gasteiger partial charge >= 0.3 is 0 Å². The highest BCUT2D eigenvalue weighted by Crippen LogP contribution is 2.23. The number of rotatable bonds is 6. The van der Waals surface area contributed by atoms with E-state index in [1.54, 1.807) is 24.8 Å². The number of carbonyl (C=O) groups is 1. The standard InChI is InChI=1S/C20H18ClN3O/c21-18-7-5-17(6-8-18)19(11-15-3-1-9-22-12-15)20(25)24-14-16-4-2-10-23-13-16/h1-10,12-13,19H,11,14H2,(H,24,25). The largest absolute Gasteiger partial charge is 0.351 e. The molecule has 3 rings (SSSR count). The first-order chi connectivity index (χ1) is 12.2. The molecule has 0 spiro atoms. The fourth-order valence-corrected chi connectivity index (χ4v) is 2.75. The minimum atomic E-state index is -0.307. The lowest BCUT2D eigenvalue weighted by Gasteiger charge is -2.17. The molecular weight excluding hydrogens is 334 g/mol. The molecule has 0 aliphatic carbocycles. The second-order valence-electron chi connectivity index (χ2n) is 5.75. The second kappa shape index (κ2) is 8.40. The van der Waals surface area contributed by atoms with Crippen molar-refractivity contribution in [2.45, 2.75) is 18.9 Å². The zero-order valence-corrected chi connectivity index (χ0v) is 14.4. The van der Waals surface area contributed by atoms with Gasteiger partial charge in [-0.25, -0.2) is 0 Å². The first kappa shape index (κ1) is 17.1. The van der Waals surface area contributed by atoms with Crippen LogP contribution in [0.25, 0.3) is 0 Å². The molecule has 0 saturated carbocycles. The number of hydrogen-bond donors (Lipinski definition) is 1. The Labute approximate surface area is 151 Å².